The third-order valence-corrected chi connectivity index (χ3v) is 2.71. The zero-order valence-electron chi connectivity index (χ0n) is 11.7. The molecule has 1 aliphatic rings. The second-order valence-electron chi connectivity index (χ2n) is 4.76. The SMILES string of the molecule is C=C[C@H](O)[C@@H]1OC(C)(C)O[C@@H]1C/C=C/C(=O)OCC. The van der Waals surface area contributed by atoms with Crippen LogP contribution in [0.1, 0.15) is 27.2 Å². The van der Waals surface area contributed by atoms with E-state index in [0.717, 1.165) is 0 Å². The quantitative estimate of drug-likeness (QED) is 0.451. The van der Waals surface area contributed by atoms with Crippen molar-refractivity contribution in [2.75, 3.05) is 6.61 Å². The van der Waals surface area contributed by atoms with Gasteiger partial charge < -0.3 is 19.3 Å². The molecule has 1 saturated heterocycles. The van der Waals surface area contributed by atoms with Gasteiger partial charge in [0.05, 0.1) is 12.7 Å². The van der Waals surface area contributed by atoms with Crippen LogP contribution in [0.15, 0.2) is 24.8 Å². The number of carbonyl (C=O) groups is 1. The summed E-state index contributed by atoms with van der Waals surface area (Å²) < 4.78 is 16.1. The Hall–Kier alpha value is -1.17. The Labute approximate surface area is 113 Å². The number of aliphatic hydroxyl groups is 1. The normalized spacial score (nSPS) is 27.4. The summed E-state index contributed by atoms with van der Waals surface area (Å²) in [6.45, 7) is 9.20. The second kappa shape index (κ2) is 6.84. The van der Waals surface area contributed by atoms with Gasteiger partial charge in [0.1, 0.15) is 12.2 Å². The maximum atomic E-state index is 11.2. The summed E-state index contributed by atoms with van der Waals surface area (Å²) in [5, 5.41) is 9.81. The molecule has 1 aliphatic heterocycles. The van der Waals surface area contributed by atoms with Gasteiger partial charge in [-0.1, -0.05) is 12.2 Å². The van der Waals surface area contributed by atoms with Crippen LogP contribution in [0.3, 0.4) is 0 Å². The van der Waals surface area contributed by atoms with Crippen molar-refractivity contribution in [3.63, 3.8) is 0 Å². The topological polar surface area (TPSA) is 65.0 Å². The fourth-order valence-electron chi connectivity index (χ4n) is 1.96. The summed E-state index contributed by atoms with van der Waals surface area (Å²) in [6.07, 6.45) is 3.27. The molecule has 0 bridgehead atoms. The molecule has 0 aromatic carbocycles. The van der Waals surface area contributed by atoms with E-state index in [1.54, 1.807) is 26.8 Å². The van der Waals surface area contributed by atoms with Crippen molar-refractivity contribution < 1.29 is 24.1 Å². The highest BCUT2D eigenvalue weighted by atomic mass is 16.8. The third kappa shape index (κ3) is 4.78. The smallest absolute Gasteiger partial charge is 0.330 e. The van der Waals surface area contributed by atoms with Crippen LogP contribution in [0.2, 0.25) is 0 Å². The zero-order chi connectivity index (χ0) is 14.5. The van der Waals surface area contributed by atoms with Crippen molar-refractivity contribution >= 4 is 5.97 Å². The molecule has 0 radical (unpaired) electrons. The number of aliphatic hydroxyl groups excluding tert-OH is 1. The lowest BCUT2D eigenvalue weighted by molar-refractivity contribution is -0.152. The number of ether oxygens (including phenoxy) is 3. The average Bonchev–Trinajstić information content (AvgIpc) is 2.64. The molecule has 19 heavy (non-hydrogen) atoms. The number of esters is 1. The van der Waals surface area contributed by atoms with Gasteiger partial charge in [-0.2, -0.15) is 0 Å². The Morgan fingerprint density at radius 3 is 2.79 bits per heavy atom. The molecule has 1 N–H and O–H groups in total. The first-order valence-corrected chi connectivity index (χ1v) is 6.39. The van der Waals surface area contributed by atoms with Crippen molar-refractivity contribution in [3.8, 4) is 0 Å². The van der Waals surface area contributed by atoms with E-state index >= 15 is 0 Å². The van der Waals surface area contributed by atoms with Gasteiger partial charge in [-0.25, -0.2) is 4.79 Å². The van der Waals surface area contributed by atoms with Crippen LogP contribution < -0.4 is 0 Å². The number of hydrogen-bond donors (Lipinski definition) is 1. The van der Waals surface area contributed by atoms with Crippen LogP contribution in [-0.2, 0) is 19.0 Å². The third-order valence-electron chi connectivity index (χ3n) is 2.71. The van der Waals surface area contributed by atoms with Crippen molar-refractivity contribution in [3.05, 3.63) is 24.8 Å². The molecule has 5 nitrogen and oxygen atoms in total. The second-order valence-corrected chi connectivity index (χ2v) is 4.76. The van der Waals surface area contributed by atoms with E-state index in [4.69, 9.17) is 14.2 Å². The van der Waals surface area contributed by atoms with E-state index in [9.17, 15) is 9.90 Å². The van der Waals surface area contributed by atoms with Crippen molar-refractivity contribution in [1.29, 1.82) is 0 Å². The number of hydrogen-bond acceptors (Lipinski definition) is 5. The van der Waals surface area contributed by atoms with Crippen molar-refractivity contribution in [2.45, 2.75) is 51.3 Å². The lowest BCUT2D eigenvalue weighted by Crippen LogP contribution is -2.33. The minimum atomic E-state index is -0.803. The van der Waals surface area contributed by atoms with Gasteiger partial charge in [-0.15, -0.1) is 6.58 Å². The first kappa shape index (κ1) is 15.9. The average molecular weight is 270 g/mol. The first-order valence-electron chi connectivity index (χ1n) is 6.39. The summed E-state index contributed by atoms with van der Waals surface area (Å²) in [5.41, 5.74) is 0. The van der Waals surface area contributed by atoms with Gasteiger partial charge in [-0.05, 0) is 27.2 Å². The molecule has 0 amide bonds. The molecule has 1 rings (SSSR count). The van der Waals surface area contributed by atoms with E-state index in [1.165, 1.54) is 12.2 Å². The van der Waals surface area contributed by atoms with Gasteiger partial charge in [0.25, 0.3) is 0 Å². The van der Waals surface area contributed by atoms with E-state index in [-0.39, 0.29) is 12.1 Å². The van der Waals surface area contributed by atoms with E-state index in [2.05, 4.69) is 6.58 Å². The molecule has 0 saturated carbocycles. The number of rotatable bonds is 6. The maximum Gasteiger partial charge on any atom is 0.330 e. The van der Waals surface area contributed by atoms with Crippen molar-refractivity contribution in [2.24, 2.45) is 0 Å². The summed E-state index contributed by atoms with van der Waals surface area (Å²) in [7, 11) is 0. The molecule has 108 valence electrons. The summed E-state index contributed by atoms with van der Waals surface area (Å²) in [5.74, 6) is -1.14. The Morgan fingerprint density at radius 1 is 1.53 bits per heavy atom. The predicted molar refractivity (Wildman–Crippen MR) is 70.4 cm³/mol. The first-order chi connectivity index (χ1) is 8.89. The fourth-order valence-corrected chi connectivity index (χ4v) is 1.96. The monoisotopic (exact) mass is 270 g/mol. The molecule has 0 spiro atoms. The summed E-state index contributed by atoms with van der Waals surface area (Å²) >= 11 is 0. The van der Waals surface area contributed by atoms with E-state index < -0.39 is 18.0 Å². The van der Waals surface area contributed by atoms with Crippen LogP contribution in [0.25, 0.3) is 0 Å². The predicted octanol–water partition coefficient (Wildman–Crippen LogP) is 1.56. The van der Waals surface area contributed by atoms with Gasteiger partial charge in [0.2, 0.25) is 0 Å². The van der Waals surface area contributed by atoms with Crippen LogP contribution in [-0.4, -0.2) is 41.8 Å². The highest BCUT2D eigenvalue weighted by Crippen LogP contribution is 2.32. The molecule has 1 fully saturated rings. The largest absolute Gasteiger partial charge is 0.463 e. The highest BCUT2D eigenvalue weighted by molar-refractivity contribution is 5.81. The molecule has 5 heteroatoms. The zero-order valence-corrected chi connectivity index (χ0v) is 11.7. The Balaban J connectivity index is 2.59. The van der Waals surface area contributed by atoms with Crippen LogP contribution in [0.5, 0.6) is 0 Å². The summed E-state index contributed by atoms with van der Waals surface area (Å²) in [4.78, 5) is 11.2. The molecule has 0 aromatic heterocycles. The van der Waals surface area contributed by atoms with Crippen LogP contribution in [0.4, 0.5) is 0 Å². The van der Waals surface area contributed by atoms with Gasteiger partial charge in [-0.3, -0.25) is 0 Å². The van der Waals surface area contributed by atoms with E-state index in [1.807, 2.05) is 0 Å². The molecular formula is C14H22O5. The Kier molecular flexibility index (Phi) is 5.72. The fraction of sp³-hybridized carbons (Fsp3) is 0.643. The van der Waals surface area contributed by atoms with E-state index in [0.29, 0.717) is 13.0 Å². The Bertz CT molecular complexity index is 348. The van der Waals surface area contributed by atoms with Gasteiger partial charge in [0, 0.05) is 6.08 Å². The summed E-state index contributed by atoms with van der Waals surface area (Å²) in [6, 6.07) is 0. The lowest BCUT2D eigenvalue weighted by Gasteiger charge is -2.19. The minimum absolute atomic E-state index is 0.325. The molecule has 0 aromatic rings. The molecular weight excluding hydrogens is 248 g/mol. The number of carbonyl (C=O) groups excluding carboxylic acids is 1. The lowest BCUT2D eigenvalue weighted by atomic mass is 10.1. The molecule has 0 aliphatic carbocycles. The molecule has 0 unspecified atom stereocenters. The standard InChI is InChI=1S/C14H22O5/c1-5-10(15)13-11(18-14(3,4)19-13)8-7-9-12(16)17-6-2/h5,7,9-11,13,15H,1,6,8H2,2-4H3/b9-7+/t10-,11+,13-/m0/s1. The molecule has 3 atom stereocenters. The Morgan fingerprint density at radius 2 is 2.21 bits per heavy atom. The van der Waals surface area contributed by atoms with Crippen LogP contribution >= 0.6 is 0 Å². The van der Waals surface area contributed by atoms with Crippen molar-refractivity contribution in [1.82, 2.24) is 0 Å². The maximum absolute atomic E-state index is 11.2. The van der Waals surface area contributed by atoms with Gasteiger partial charge >= 0.3 is 5.97 Å². The molecule has 1 heterocycles. The van der Waals surface area contributed by atoms with Crippen LogP contribution in [0, 0.1) is 0 Å². The van der Waals surface area contributed by atoms with Gasteiger partial charge in [0.15, 0.2) is 5.79 Å². The highest BCUT2D eigenvalue weighted by Gasteiger charge is 2.43. The minimum Gasteiger partial charge on any atom is -0.463 e.